The molecule has 22 heavy (non-hydrogen) atoms. The smallest absolute Gasteiger partial charge is 0.0438 e. The topological polar surface area (TPSA) is 15.3 Å². The molecular formula is C19H23ClN2. The summed E-state index contributed by atoms with van der Waals surface area (Å²) in [7, 11) is 2.06. The van der Waals surface area contributed by atoms with Crippen molar-refractivity contribution in [3.05, 3.63) is 70.2 Å². The molecule has 1 fully saturated rings. The molecule has 3 rings (SSSR count). The van der Waals surface area contributed by atoms with Gasteiger partial charge in [0.05, 0.1) is 0 Å². The summed E-state index contributed by atoms with van der Waals surface area (Å²) < 4.78 is 0. The van der Waals surface area contributed by atoms with Crippen molar-refractivity contribution >= 4 is 11.6 Å². The fraction of sp³-hybridized carbons (Fsp3) is 0.368. The molecule has 0 saturated carbocycles. The zero-order valence-electron chi connectivity index (χ0n) is 13.2. The third kappa shape index (κ3) is 3.35. The molecular weight excluding hydrogens is 292 g/mol. The predicted octanol–water partition coefficient (Wildman–Crippen LogP) is 3.84. The molecule has 3 heteroatoms. The van der Waals surface area contributed by atoms with Gasteiger partial charge in [-0.05, 0) is 36.7 Å². The Morgan fingerprint density at radius 1 is 1.14 bits per heavy atom. The standard InChI is InChI=1S/C19H23ClN2/c1-14-8-9-16(10-18(14)20)17-12-22(13-19(17)21-2)11-15-6-4-3-5-7-15/h3-10,17,19,21H,11-13H2,1-2H3. The number of nitrogens with one attached hydrogen (secondary N) is 1. The highest BCUT2D eigenvalue weighted by Crippen LogP contribution is 2.31. The molecule has 0 aromatic heterocycles. The molecule has 2 aromatic rings. The van der Waals surface area contributed by atoms with E-state index in [1.807, 2.05) is 0 Å². The van der Waals surface area contributed by atoms with Crippen molar-refractivity contribution in [1.82, 2.24) is 10.2 Å². The first-order chi connectivity index (χ1) is 10.7. The molecule has 0 aliphatic carbocycles. The Hall–Kier alpha value is -1.35. The number of likely N-dealkylation sites (N-methyl/N-ethyl adjacent to an activating group) is 1. The van der Waals surface area contributed by atoms with Gasteiger partial charge in [0.1, 0.15) is 0 Å². The second-order valence-corrected chi connectivity index (χ2v) is 6.60. The Morgan fingerprint density at radius 2 is 1.91 bits per heavy atom. The summed E-state index contributed by atoms with van der Waals surface area (Å²) >= 11 is 6.32. The lowest BCUT2D eigenvalue weighted by Gasteiger charge is -2.18. The largest absolute Gasteiger partial charge is 0.315 e. The molecule has 2 unspecified atom stereocenters. The van der Waals surface area contributed by atoms with E-state index in [0.717, 1.165) is 30.2 Å². The van der Waals surface area contributed by atoms with E-state index in [1.54, 1.807) is 0 Å². The fourth-order valence-electron chi connectivity index (χ4n) is 3.33. The molecule has 1 N–H and O–H groups in total. The second kappa shape index (κ2) is 6.82. The van der Waals surface area contributed by atoms with Gasteiger partial charge in [-0.15, -0.1) is 0 Å². The minimum Gasteiger partial charge on any atom is -0.315 e. The Balaban J connectivity index is 1.75. The van der Waals surface area contributed by atoms with Gasteiger partial charge in [-0.2, -0.15) is 0 Å². The van der Waals surface area contributed by atoms with Crippen molar-refractivity contribution in [2.75, 3.05) is 20.1 Å². The monoisotopic (exact) mass is 314 g/mol. The van der Waals surface area contributed by atoms with Gasteiger partial charge >= 0.3 is 0 Å². The minimum atomic E-state index is 0.475. The summed E-state index contributed by atoms with van der Waals surface area (Å²) in [5, 5.41) is 4.35. The molecule has 1 heterocycles. The van der Waals surface area contributed by atoms with Crippen LogP contribution in [0.4, 0.5) is 0 Å². The fourth-order valence-corrected chi connectivity index (χ4v) is 3.51. The molecule has 2 nitrogen and oxygen atoms in total. The Morgan fingerprint density at radius 3 is 2.59 bits per heavy atom. The third-order valence-corrected chi connectivity index (χ3v) is 5.05. The molecule has 2 aromatic carbocycles. The number of hydrogen-bond donors (Lipinski definition) is 1. The first-order valence-electron chi connectivity index (χ1n) is 7.87. The van der Waals surface area contributed by atoms with Crippen LogP contribution in [-0.2, 0) is 6.54 Å². The number of hydrogen-bond acceptors (Lipinski definition) is 2. The van der Waals surface area contributed by atoms with Crippen LogP contribution in [0, 0.1) is 6.92 Å². The average molecular weight is 315 g/mol. The molecule has 1 saturated heterocycles. The first kappa shape index (κ1) is 15.5. The highest BCUT2D eigenvalue weighted by atomic mass is 35.5. The van der Waals surface area contributed by atoms with Gasteiger partial charge in [0.25, 0.3) is 0 Å². The van der Waals surface area contributed by atoms with E-state index < -0.39 is 0 Å². The van der Waals surface area contributed by atoms with E-state index in [-0.39, 0.29) is 0 Å². The average Bonchev–Trinajstić information content (AvgIpc) is 2.94. The van der Waals surface area contributed by atoms with E-state index in [9.17, 15) is 0 Å². The lowest BCUT2D eigenvalue weighted by atomic mass is 9.94. The van der Waals surface area contributed by atoms with Crippen LogP contribution in [-0.4, -0.2) is 31.1 Å². The van der Waals surface area contributed by atoms with Crippen LogP contribution in [0.3, 0.4) is 0 Å². The van der Waals surface area contributed by atoms with Crippen LogP contribution in [0.5, 0.6) is 0 Å². The number of rotatable bonds is 4. The van der Waals surface area contributed by atoms with Gasteiger partial charge in [0.15, 0.2) is 0 Å². The molecule has 1 aliphatic heterocycles. The maximum atomic E-state index is 6.32. The molecule has 0 radical (unpaired) electrons. The zero-order chi connectivity index (χ0) is 15.5. The zero-order valence-corrected chi connectivity index (χ0v) is 14.0. The van der Waals surface area contributed by atoms with Crippen molar-refractivity contribution in [2.24, 2.45) is 0 Å². The van der Waals surface area contributed by atoms with Gasteiger partial charge in [-0.3, -0.25) is 4.90 Å². The van der Waals surface area contributed by atoms with Crippen LogP contribution in [0.15, 0.2) is 48.5 Å². The molecule has 0 amide bonds. The minimum absolute atomic E-state index is 0.475. The lowest BCUT2D eigenvalue weighted by molar-refractivity contribution is 0.320. The number of likely N-dealkylation sites (tertiary alicyclic amines) is 1. The van der Waals surface area contributed by atoms with Crippen LogP contribution in [0.2, 0.25) is 5.02 Å². The maximum absolute atomic E-state index is 6.32. The van der Waals surface area contributed by atoms with Gasteiger partial charge in [-0.25, -0.2) is 0 Å². The van der Waals surface area contributed by atoms with E-state index in [0.29, 0.717) is 12.0 Å². The van der Waals surface area contributed by atoms with Gasteiger partial charge in [0, 0.05) is 36.6 Å². The molecule has 1 aliphatic rings. The third-order valence-electron chi connectivity index (χ3n) is 4.64. The van der Waals surface area contributed by atoms with Crippen molar-refractivity contribution in [1.29, 1.82) is 0 Å². The predicted molar refractivity (Wildman–Crippen MR) is 93.5 cm³/mol. The number of nitrogens with zero attached hydrogens (tertiary/aromatic N) is 1. The Kier molecular flexibility index (Phi) is 4.82. The Labute approximate surface area is 138 Å². The highest BCUT2D eigenvalue weighted by Gasteiger charge is 2.32. The number of aryl methyl sites for hydroxylation is 1. The summed E-state index contributed by atoms with van der Waals surface area (Å²) in [5.41, 5.74) is 3.86. The summed E-state index contributed by atoms with van der Waals surface area (Å²) in [6.07, 6.45) is 0. The summed E-state index contributed by atoms with van der Waals surface area (Å²) in [4.78, 5) is 2.52. The molecule has 0 bridgehead atoms. The van der Waals surface area contributed by atoms with E-state index in [1.165, 1.54) is 11.1 Å². The highest BCUT2D eigenvalue weighted by molar-refractivity contribution is 6.31. The molecule has 116 valence electrons. The summed E-state index contributed by atoms with van der Waals surface area (Å²) in [6.45, 7) is 5.20. The van der Waals surface area contributed by atoms with Crippen molar-refractivity contribution in [2.45, 2.75) is 25.4 Å². The van der Waals surface area contributed by atoms with Gasteiger partial charge in [0.2, 0.25) is 0 Å². The molecule has 0 spiro atoms. The van der Waals surface area contributed by atoms with Crippen LogP contribution in [0.1, 0.15) is 22.6 Å². The number of benzene rings is 2. The van der Waals surface area contributed by atoms with E-state index in [4.69, 9.17) is 11.6 Å². The van der Waals surface area contributed by atoms with Gasteiger partial charge in [-0.1, -0.05) is 54.1 Å². The van der Waals surface area contributed by atoms with Crippen molar-refractivity contribution < 1.29 is 0 Å². The van der Waals surface area contributed by atoms with Gasteiger partial charge < -0.3 is 5.32 Å². The lowest BCUT2D eigenvalue weighted by Crippen LogP contribution is -2.32. The maximum Gasteiger partial charge on any atom is 0.0438 e. The Bertz CT molecular complexity index is 627. The first-order valence-corrected chi connectivity index (χ1v) is 8.25. The van der Waals surface area contributed by atoms with Crippen LogP contribution < -0.4 is 5.32 Å². The quantitative estimate of drug-likeness (QED) is 0.922. The normalized spacial score (nSPS) is 22.1. The van der Waals surface area contributed by atoms with Crippen molar-refractivity contribution in [3.63, 3.8) is 0 Å². The van der Waals surface area contributed by atoms with Crippen molar-refractivity contribution in [3.8, 4) is 0 Å². The second-order valence-electron chi connectivity index (χ2n) is 6.19. The molecule has 2 atom stereocenters. The van der Waals surface area contributed by atoms with E-state index >= 15 is 0 Å². The summed E-state index contributed by atoms with van der Waals surface area (Å²) in [6, 6.07) is 17.7. The SMILES string of the molecule is CNC1CN(Cc2ccccc2)CC1c1ccc(C)c(Cl)c1. The summed E-state index contributed by atoms with van der Waals surface area (Å²) in [5.74, 6) is 0.492. The number of halogens is 1. The van der Waals surface area contributed by atoms with Crippen LogP contribution in [0.25, 0.3) is 0 Å². The van der Waals surface area contributed by atoms with Crippen LogP contribution >= 0.6 is 11.6 Å². The van der Waals surface area contributed by atoms with E-state index in [2.05, 4.69) is 72.7 Å².